The summed E-state index contributed by atoms with van der Waals surface area (Å²) in [6.45, 7) is 6.81. The molecule has 2 aliphatic heterocycles. The third-order valence-corrected chi connectivity index (χ3v) is 6.98. The molecule has 0 aromatic heterocycles. The van der Waals surface area contributed by atoms with Gasteiger partial charge in [0.2, 0.25) is 11.8 Å². The van der Waals surface area contributed by atoms with Crippen LogP contribution < -0.4 is 10.1 Å². The fraction of sp³-hybridized carbons (Fsp3) is 0.625. The molecule has 0 radical (unpaired) electrons. The molecule has 1 saturated heterocycles. The number of benzene rings is 1. The average molecular weight is 428 g/mol. The van der Waals surface area contributed by atoms with E-state index < -0.39 is 6.04 Å². The van der Waals surface area contributed by atoms with E-state index in [1.54, 1.807) is 4.90 Å². The number of hydrogen-bond donors (Lipinski definition) is 1. The van der Waals surface area contributed by atoms with Gasteiger partial charge < -0.3 is 9.64 Å². The van der Waals surface area contributed by atoms with Crippen molar-refractivity contribution in [1.82, 2.24) is 15.1 Å². The van der Waals surface area contributed by atoms with Gasteiger partial charge in [0, 0.05) is 24.6 Å². The molecule has 2 heterocycles. The highest BCUT2D eigenvalue weighted by Gasteiger charge is 2.39. The second kappa shape index (κ2) is 9.39. The van der Waals surface area contributed by atoms with Crippen LogP contribution in [0.5, 0.6) is 5.75 Å². The van der Waals surface area contributed by atoms with E-state index in [4.69, 9.17) is 4.74 Å². The Morgan fingerprint density at radius 1 is 1.06 bits per heavy atom. The van der Waals surface area contributed by atoms with Gasteiger partial charge >= 0.3 is 0 Å². The SMILES string of the molecule is CCN(CC)[C@@H]1CCCCC[C@@H]1Oc1ccc2c(c1)CN(C1CCC(=O)NC1=O)C2=O. The molecule has 0 bridgehead atoms. The normalized spacial score (nSPS) is 26.6. The minimum absolute atomic E-state index is 0.142. The molecule has 0 spiro atoms. The van der Waals surface area contributed by atoms with Crippen molar-refractivity contribution in [3.05, 3.63) is 29.3 Å². The molecule has 3 aliphatic rings. The topological polar surface area (TPSA) is 79.0 Å². The van der Waals surface area contributed by atoms with Crippen LogP contribution in [0.4, 0.5) is 0 Å². The largest absolute Gasteiger partial charge is 0.489 e. The van der Waals surface area contributed by atoms with Gasteiger partial charge in [0.05, 0.1) is 0 Å². The zero-order valence-corrected chi connectivity index (χ0v) is 18.6. The minimum atomic E-state index is -0.587. The standard InChI is InChI=1S/C24H33N3O4/c1-3-26(4-2)19-8-6-5-7-9-21(19)31-17-10-11-18-16(14-17)15-27(24(18)30)20-12-13-22(28)25-23(20)29/h10-11,14,19-21H,3-9,12-13,15H2,1-2H3,(H,25,28,29)/t19-,20?,21+/m1/s1. The quantitative estimate of drug-likeness (QED) is 0.558. The predicted molar refractivity (Wildman–Crippen MR) is 117 cm³/mol. The number of carbonyl (C=O) groups excluding carboxylic acids is 3. The lowest BCUT2D eigenvalue weighted by Gasteiger charge is -2.35. The number of hydrogen-bond acceptors (Lipinski definition) is 5. The molecular weight excluding hydrogens is 394 g/mol. The third-order valence-electron chi connectivity index (χ3n) is 6.98. The monoisotopic (exact) mass is 427 g/mol. The molecule has 3 amide bonds. The zero-order valence-electron chi connectivity index (χ0n) is 18.6. The van der Waals surface area contributed by atoms with Crippen LogP contribution in [0.1, 0.15) is 74.7 Å². The van der Waals surface area contributed by atoms with Crippen molar-refractivity contribution in [3.8, 4) is 5.75 Å². The number of amides is 3. The Bertz CT molecular complexity index is 851. The molecule has 7 heteroatoms. The Kier molecular flexibility index (Phi) is 6.60. The van der Waals surface area contributed by atoms with Crippen molar-refractivity contribution in [3.63, 3.8) is 0 Å². The summed E-state index contributed by atoms with van der Waals surface area (Å²) < 4.78 is 6.51. The number of rotatable bonds is 6. The molecule has 3 atom stereocenters. The van der Waals surface area contributed by atoms with Crippen LogP contribution in [0, 0.1) is 0 Å². The lowest BCUT2D eigenvalue weighted by molar-refractivity contribution is -0.136. The smallest absolute Gasteiger partial charge is 0.255 e. The first kappa shape index (κ1) is 21.8. The van der Waals surface area contributed by atoms with Crippen LogP contribution in [-0.4, -0.2) is 58.8 Å². The summed E-state index contributed by atoms with van der Waals surface area (Å²) in [5.74, 6) is -0.00563. The molecule has 4 rings (SSSR count). The summed E-state index contributed by atoms with van der Waals surface area (Å²) in [6, 6.07) is 5.49. The number of imide groups is 1. The van der Waals surface area contributed by atoms with Crippen LogP contribution in [0.2, 0.25) is 0 Å². The van der Waals surface area contributed by atoms with Crippen molar-refractivity contribution in [2.24, 2.45) is 0 Å². The molecule has 1 aliphatic carbocycles. The van der Waals surface area contributed by atoms with Gasteiger partial charge in [0.1, 0.15) is 17.9 Å². The van der Waals surface area contributed by atoms with E-state index in [0.717, 1.165) is 37.2 Å². The summed E-state index contributed by atoms with van der Waals surface area (Å²) in [5.41, 5.74) is 1.51. The van der Waals surface area contributed by atoms with Gasteiger partial charge in [-0.3, -0.25) is 24.6 Å². The van der Waals surface area contributed by atoms with E-state index in [2.05, 4.69) is 24.1 Å². The van der Waals surface area contributed by atoms with Crippen molar-refractivity contribution in [2.75, 3.05) is 13.1 Å². The lowest BCUT2D eigenvalue weighted by atomic mass is 10.0. The van der Waals surface area contributed by atoms with Crippen molar-refractivity contribution in [1.29, 1.82) is 0 Å². The first-order chi connectivity index (χ1) is 15.0. The maximum Gasteiger partial charge on any atom is 0.255 e. The molecule has 7 nitrogen and oxygen atoms in total. The number of nitrogens with zero attached hydrogens (tertiary/aromatic N) is 2. The number of fused-ring (bicyclic) bond motifs is 1. The molecular formula is C24H33N3O4. The van der Waals surface area contributed by atoms with E-state index in [9.17, 15) is 14.4 Å². The maximum absolute atomic E-state index is 12.9. The van der Waals surface area contributed by atoms with Gasteiger partial charge in [0.15, 0.2) is 0 Å². The van der Waals surface area contributed by atoms with Gasteiger partial charge in [-0.15, -0.1) is 0 Å². The summed E-state index contributed by atoms with van der Waals surface area (Å²) in [5, 5.41) is 2.35. The number of likely N-dealkylation sites (N-methyl/N-ethyl adjacent to an activating group) is 1. The Hall–Kier alpha value is -2.41. The molecule has 168 valence electrons. The van der Waals surface area contributed by atoms with E-state index in [0.29, 0.717) is 24.6 Å². The van der Waals surface area contributed by atoms with Gasteiger partial charge in [-0.2, -0.15) is 0 Å². The third kappa shape index (κ3) is 4.47. The highest BCUT2D eigenvalue weighted by molar-refractivity contribution is 6.05. The van der Waals surface area contributed by atoms with Crippen LogP contribution in [0.3, 0.4) is 0 Å². The van der Waals surface area contributed by atoms with Crippen molar-refractivity contribution >= 4 is 17.7 Å². The van der Waals surface area contributed by atoms with E-state index in [1.807, 2.05) is 18.2 Å². The first-order valence-electron chi connectivity index (χ1n) is 11.7. The fourth-order valence-electron chi connectivity index (χ4n) is 5.30. The van der Waals surface area contributed by atoms with Crippen LogP contribution in [-0.2, 0) is 16.1 Å². The second-order valence-corrected chi connectivity index (χ2v) is 8.80. The van der Waals surface area contributed by atoms with Gasteiger partial charge in [-0.1, -0.05) is 26.7 Å². The summed E-state index contributed by atoms with van der Waals surface area (Å²) >= 11 is 0. The molecule has 1 saturated carbocycles. The zero-order chi connectivity index (χ0) is 22.0. The Labute approximate surface area is 184 Å². The van der Waals surface area contributed by atoms with Gasteiger partial charge in [-0.05, 0) is 62.5 Å². The van der Waals surface area contributed by atoms with Crippen molar-refractivity contribution in [2.45, 2.75) is 83.5 Å². The van der Waals surface area contributed by atoms with Crippen LogP contribution >= 0.6 is 0 Å². The Balaban J connectivity index is 1.50. The van der Waals surface area contributed by atoms with E-state index in [1.165, 1.54) is 19.3 Å². The Morgan fingerprint density at radius 2 is 1.84 bits per heavy atom. The molecule has 31 heavy (non-hydrogen) atoms. The highest BCUT2D eigenvalue weighted by atomic mass is 16.5. The molecule has 1 N–H and O–H groups in total. The van der Waals surface area contributed by atoms with Crippen molar-refractivity contribution < 1.29 is 19.1 Å². The van der Waals surface area contributed by atoms with Crippen LogP contribution in [0.15, 0.2) is 18.2 Å². The Morgan fingerprint density at radius 3 is 2.58 bits per heavy atom. The summed E-state index contributed by atoms with van der Waals surface area (Å²) in [4.78, 5) is 40.7. The second-order valence-electron chi connectivity index (χ2n) is 8.80. The number of nitrogens with one attached hydrogen (secondary N) is 1. The van der Waals surface area contributed by atoms with E-state index in [-0.39, 0.29) is 30.2 Å². The van der Waals surface area contributed by atoms with Gasteiger partial charge in [-0.25, -0.2) is 0 Å². The van der Waals surface area contributed by atoms with E-state index >= 15 is 0 Å². The fourth-order valence-corrected chi connectivity index (χ4v) is 5.30. The first-order valence-corrected chi connectivity index (χ1v) is 11.7. The molecule has 1 aromatic rings. The average Bonchev–Trinajstić information content (AvgIpc) is 2.91. The van der Waals surface area contributed by atoms with Crippen LogP contribution in [0.25, 0.3) is 0 Å². The van der Waals surface area contributed by atoms with Gasteiger partial charge in [0.25, 0.3) is 5.91 Å². The maximum atomic E-state index is 12.9. The molecule has 2 fully saturated rings. The summed E-state index contributed by atoms with van der Waals surface area (Å²) in [7, 11) is 0. The number of piperidine rings is 1. The predicted octanol–water partition coefficient (Wildman–Crippen LogP) is 2.87. The molecule has 1 aromatic carbocycles. The summed E-state index contributed by atoms with van der Waals surface area (Å²) in [6.07, 6.45) is 6.63. The molecule has 1 unspecified atom stereocenters. The minimum Gasteiger partial charge on any atom is -0.489 e. The highest BCUT2D eigenvalue weighted by Crippen LogP contribution is 2.32. The lowest BCUT2D eigenvalue weighted by Crippen LogP contribution is -2.52. The number of ether oxygens (including phenoxy) is 1. The number of carbonyl (C=O) groups is 3.